The third kappa shape index (κ3) is 3.70. The Morgan fingerprint density at radius 2 is 2.11 bits per heavy atom. The molecule has 0 unspecified atom stereocenters. The summed E-state index contributed by atoms with van der Waals surface area (Å²) in [6, 6.07) is 2.62. The lowest BCUT2D eigenvalue weighted by Gasteiger charge is -2.09. The number of hydrogen-bond donors (Lipinski definition) is 0. The molecule has 4 nitrogen and oxygen atoms in total. The zero-order valence-corrected chi connectivity index (χ0v) is 13.3. The van der Waals surface area contributed by atoms with Crippen molar-refractivity contribution < 1.29 is 17.9 Å². The van der Waals surface area contributed by atoms with Crippen LogP contribution >= 0.6 is 26.6 Å². The maximum atomic E-state index is 11.9. The Bertz CT molecular complexity index is 623. The van der Waals surface area contributed by atoms with Crippen LogP contribution in [0.25, 0.3) is 0 Å². The van der Waals surface area contributed by atoms with Crippen LogP contribution in [0, 0.1) is 12.8 Å². The van der Waals surface area contributed by atoms with Gasteiger partial charge in [0.2, 0.25) is 0 Å². The summed E-state index contributed by atoms with van der Waals surface area (Å²) >= 11 is 3.22. The van der Waals surface area contributed by atoms with Gasteiger partial charge in [0, 0.05) is 15.2 Å². The topological polar surface area (TPSA) is 60.4 Å². The summed E-state index contributed by atoms with van der Waals surface area (Å²) < 4.78 is 28.3. The summed E-state index contributed by atoms with van der Waals surface area (Å²) in [4.78, 5) is 11.8. The molecule has 0 heterocycles. The average molecular weight is 368 g/mol. The molecule has 1 aromatic carbocycles. The standard InChI is InChI=1S/C12H12BrClO4S/c1-7-10(12(15)18-6-8-2-3-8)4-9(5-11(7)13)19(14,16)17/h4-5,8H,2-3,6H2,1H3. The van der Waals surface area contributed by atoms with Gasteiger partial charge in [0.1, 0.15) is 0 Å². The van der Waals surface area contributed by atoms with E-state index < -0.39 is 15.0 Å². The fourth-order valence-corrected chi connectivity index (χ4v) is 2.96. The second-order valence-corrected chi connectivity index (χ2v) is 7.98. The number of halogens is 2. The molecule has 1 fully saturated rings. The Morgan fingerprint density at radius 1 is 1.47 bits per heavy atom. The highest BCUT2D eigenvalue weighted by atomic mass is 79.9. The van der Waals surface area contributed by atoms with E-state index in [1.807, 2.05) is 0 Å². The van der Waals surface area contributed by atoms with Gasteiger partial charge in [-0.25, -0.2) is 13.2 Å². The van der Waals surface area contributed by atoms with Crippen molar-refractivity contribution in [3.8, 4) is 0 Å². The van der Waals surface area contributed by atoms with E-state index in [1.54, 1.807) is 6.92 Å². The van der Waals surface area contributed by atoms with Gasteiger partial charge in [0.25, 0.3) is 9.05 Å². The normalized spacial score (nSPS) is 15.3. The summed E-state index contributed by atoms with van der Waals surface area (Å²) in [5, 5.41) is 0. The number of rotatable bonds is 4. The molecule has 0 aliphatic heterocycles. The van der Waals surface area contributed by atoms with E-state index in [2.05, 4.69) is 15.9 Å². The van der Waals surface area contributed by atoms with Crippen LogP contribution in [0.15, 0.2) is 21.5 Å². The zero-order valence-electron chi connectivity index (χ0n) is 10.2. The minimum atomic E-state index is -3.88. The largest absolute Gasteiger partial charge is 0.462 e. The Morgan fingerprint density at radius 3 is 2.63 bits per heavy atom. The van der Waals surface area contributed by atoms with Crippen molar-refractivity contribution in [2.45, 2.75) is 24.7 Å². The molecule has 0 aromatic heterocycles. The van der Waals surface area contributed by atoms with Gasteiger partial charge < -0.3 is 4.74 Å². The monoisotopic (exact) mass is 366 g/mol. The van der Waals surface area contributed by atoms with Crippen molar-refractivity contribution in [3.63, 3.8) is 0 Å². The van der Waals surface area contributed by atoms with E-state index in [0.29, 0.717) is 22.6 Å². The summed E-state index contributed by atoms with van der Waals surface area (Å²) in [7, 11) is 1.41. The van der Waals surface area contributed by atoms with Crippen LogP contribution < -0.4 is 0 Å². The molecule has 0 atom stereocenters. The fourth-order valence-electron chi connectivity index (χ4n) is 1.56. The van der Waals surface area contributed by atoms with Crippen LogP contribution in [-0.4, -0.2) is 21.0 Å². The molecule has 7 heteroatoms. The molecular weight excluding hydrogens is 356 g/mol. The number of esters is 1. The third-order valence-corrected chi connectivity index (χ3v) is 5.12. The van der Waals surface area contributed by atoms with Gasteiger partial charge in [0.15, 0.2) is 0 Å². The number of ether oxygens (including phenoxy) is 1. The molecule has 1 aromatic rings. The van der Waals surface area contributed by atoms with E-state index in [1.165, 1.54) is 12.1 Å². The summed E-state index contributed by atoms with van der Waals surface area (Å²) in [5.74, 6) is -0.0695. The van der Waals surface area contributed by atoms with Crippen molar-refractivity contribution in [2.75, 3.05) is 6.61 Å². The third-order valence-electron chi connectivity index (χ3n) is 2.97. The van der Waals surface area contributed by atoms with Crippen molar-refractivity contribution in [1.29, 1.82) is 0 Å². The van der Waals surface area contributed by atoms with E-state index in [4.69, 9.17) is 15.4 Å². The average Bonchev–Trinajstić information content (AvgIpc) is 3.11. The van der Waals surface area contributed by atoms with Crippen LogP contribution in [0.1, 0.15) is 28.8 Å². The number of carbonyl (C=O) groups is 1. The highest BCUT2D eigenvalue weighted by molar-refractivity contribution is 9.10. The van der Waals surface area contributed by atoms with Gasteiger partial charge >= 0.3 is 5.97 Å². The predicted octanol–water partition coefficient (Wildman–Crippen LogP) is 3.25. The Kier molecular flexibility index (Phi) is 4.23. The summed E-state index contributed by atoms with van der Waals surface area (Å²) in [6.07, 6.45) is 2.15. The minimum Gasteiger partial charge on any atom is -0.462 e. The molecule has 0 radical (unpaired) electrons. The zero-order chi connectivity index (χ0) is 14.2. The lowest BCUT2D eigenvalue weighted by Crippen LogP contribution is -2.10. The lowest BCUT2D eigenvalue weighted by atomic mass is 10.1. The highest BCUT2D eigenvalue weighted by Crippen LogP contribution is 2.30. The van der Waals surface area contributed by atoms with Gasteiger partial charge in [-0.3, -0.25) is 0 Å². The molecular formula is C12H12BrClO4S. The van der Waals surface area contributed by atoms with E-state index in [-0.39, 0.29) is 10.5 Å². The quantitative estimate of drug-likeness (QED) is 0.605. The van der Waals surface area contributed by atoms with Crippen LogP contribution in [0.4, 0.5) is 0 Å². The molecule has 0 saturated heterocycles. The van der Waals surface area contributed by atoms with Gasteiger partial charge in [0.05, 0.1) is 17.1 Å². The van der Waals surface area contributed by atoms with Crippen LogP contribution in [0.2, 0.25) is 0 Å². The first-order valence-corrected chi connectivity index (χ1v) is 8.81. The van der Waals surface area contributed by atoms with E-state index >= 15 is 0 Å². The molecule has 104 valence electrons. The second kappa shape index (κ2) is 5.42. The van der Waals surface area contributed by atoms with Crippen LogP contribution in [0.5, 0.6) is 0 Å². The fraction of sp³-hybridized carbons (Fsp3) is 0.417. The van der Waals surface area contributed by atoms with Crippen molar-refractivity contribution >= 4 is 41.6 Å². The maximum Gasteiger partial charge on any atom is 0.338 e. The van der Waals surface area contributed by atoms with Gasteiger partial charge in [-0.15, -0.1) is 0 Å². The maximum absolute atomic E-state index is 11.9. The first kappa shape index (κ1) is 14.8. The predicted molar refractivity (Wildman–Crippen MR) is 74.9 cm³/mol. The first-order chi connectivity index (χ1) is 8.79. The molecule has 2 rings (SSSR count). The van der Waals surface area contributed by atoms with Crippen molar-refractivity contribution in [3.05, 3.63) is 27.7 Å². The smallest absolute Gasteiger partial charge is 0.338 e. The molecule has 0 bridgehead atoms. The Labute approximate surface area is 124 Å². The Hall–Kier alpha value is -0.590. The van der Waals surface area contributed by atoms with Crippen molar-refractivity contribution in [1.82, 2.24) is 0 Å². The first-order valence-electron chi connectivity index (χ1n) is 5.71. The molecule has 1 aliphatic rings. The van der Waals surface area contributed by atoms with E-state index in [0.717, 1.165) is 12.8 Å². The molecule has 0 amide bonds. The van der Waals surface area contributed by atoms with Crippen LogP contribution in [0.3, 0.4) is 0 Å². The van der Waals surface area contributed by atoms with Gasteiger partial charge in [-0.05, 0) is 43.4 Å². The summed E-state index contributed by atoms with van der Waals surface area (Å²) in [6.45, 7) is 2.09. The molecule has 19 heavy (non-hydrogen) atoms. The van der Waals surface area contributed by atoms with Crippen LogP contribution in [-0.2, 0) is 13.8 Å². The number of hydrogen-bond acceptors (Lipinski definition) is 4. The second-order valence-electron chi connectivity index (χ2n) is 4.56. The van der Waals surface area contributed by atoms with Gasteiger partial charge in [-0.2, -0.15) is 0 Å². The molecule has 0 spiro atoms. The van der Waals surface area contributed by atoms with E-state index in [9.17, 15) is 13.2 Å². The number of benzene rings is 1. The minimum absolute atomic E-state index is 0.120. The molecule has 1 aliphatic carbocycles. The molecule has 1 saturated carbocycles. The number of carbonyl (C=O) groups excluding carboxylic acids is 1. The summed E-state index contributed by atoms with van der Waals surface area (Å²) in [5.41, 5.74) is 0.846. The highest BCUT2D eigenvalue weighted by Gasteiger charge is 2.25. The lowest BCUT2D eigenvalue weighted by molar-refractivity contribution is 0.0485. The van der Waals surface area contributed by atoms with Gasteiger partial charge in [-0.1, -0.05) is 15.9 Å². The molecule has 0 N–H and O–H groups in total. The van der Waals surface area contributed by atoms with Crippen molar-refractivity contribution in [2.24, 2.45) is 5.92 Å². The SMILES string of the molecule is Cc1c(Br)cc(S(=O)(=O)Cl)cc1C(=O)OCC1CC1. The Balaban J connectivity index is 2.31.